The minimum absolute atomic E-state index is 0.0449. The van der Waals surface area contributed by atoms with Gasteiger partial charge in [0.05, 0.1) is 10.8 Å². The first-order chi connectivity index (χ1) is 20.0. The average Bonchev–Trinajstić information content (AvgIpc) is 2.86. The molecule has 0 fully saturated rings. The summed E-state index contributed by atoms with van der Waals surface area (Å²) in [5.41, 5.74) is -3.43. The topological polar surface area (TPSA) is 156 Å². The van der Waals surface area contributed by atoms with Crippen LogP contribution in [-0.2, 0) is 33.5 Å². The lowest BCUT2D eigenvalue weighted by Crippen LogP contribution is -2.50. The second kappa shape index (κ2) is 12.8. The molecule has 0 heterocycles. The largest absolute Gasteiger partial charge is 0.430 e. The number of benzene rings is 1. The maximum atomic E-state index is 14.3. The van der Waals surface area contributed by atoms with Gasteiger partial charge in [0.15, 0.2) is 28.8 Å². The van der Waals surface area contributed by atoms with E-state index in [1.165, 1.54) is 34.6 Å². The van der Waals surface area contributed by atoms with Crippen molar-refractivity contribution in [1.29, 1.82) is 0 Å². The first-order valence-electron chi connectivity index (χ1n) is 14.3. The predicted octanol–water partition coefficient (Wildman–Crippen LogP) is 5.37. The van der Waals surface area contributed by atoms with Gasteiger partial charge >= 0.3 is 23.9 Å². The average molecular weight is 615 g/mol. The monoisotopic (exact) mass is 614 g/mol. The van der Waals surface area contributed by atoms with Gasteiger partial charge in [0.2, 0.25) is 0 Å². The van der Waals surface area contributed by atoms with Gasteiger partial charge in [-0.2, -0.15) is 0 Å². The number of ether oxygens (including phenoxy) is 4. The molecular formula is C33H42O11. The van der Waals surface area contributed by atoms with Crippen LogP contribution in [-0.4, -0.2) is 41.2 Å². The molecule has 11 nitrogen and oxygen atoms in total. The van der Waals surface area contributed by atoms with E-state index in [1.807, 2.05) is 0 Å². The maximum Gasteiger partial charge on any atom is 0.308 e. The van der Waals surface area contributed by atoms with Gasteiger partial charge < -0.3 is 18.9 Å². The summed E-state index contributed by atoms with van der Waals surface area (Å²) in [4.78, 5) is 91.5. The molecule has 1 unspecified atom stereocenters. The van der Waals surface area contributed by atoms with E-state index in [4.69, 9.17) is 18.9 Å². The number of carbonyl (C=O) groups is 7. The highest BCUT2D eigenvalue weighted by atomic mass is 16.6. The maximum absolute atomic E-state index is 14.3. The smallest absolute Gasteiger partial charge is 0.308 e. The van der Waals surface area contributed by atoms with E-state index >= 15 is 0 Å². The summed E-state index contributed by atoms with van der Waals surface area (Å²) in [6.07, 6.45) is 0. The lowest BCUT2D eigenvalue weighted by atomic mass is 9.60. The van der Waals surface area contributed by atoms with E-state index in [2.05, 4.69) is 0 Å². The fourth-order valence-corrected chi connectivity index (χ4v) is 5.61. The van der Waals surface area contributed by atoms with Crippen molar-refractivity contribution in [3.63, 3.8) is 0 Å². The minimum atomic E-state index is -1.58. The lowest BCUT2D eigenvalue weighted by Gasteiger charge is -2.43. The highest BCUT2D eigenvalue weighted by Gasteiger charge is 2.56. The molecule has 1 aromatic rings. The standard InChI is InChI=1S/C33H42O11/c1-14(2)21(23-29(39)32(10,11)31(40)33(12,13)30(23)44-20(9)37)22-26(41-17(6)34)16(5)27(42-18(7)35)24(25(38)15(3)4)28(22)43-19(8)36/h14-15,21H,1-13H3. The van der Waals surface area contributed by atoms with Crippen LogP contribution in [0.3, 0.4) is 0 Å². The fraction of sp³-hybridized carbons (Fsp3) is 0.545. The third-order valence-electron chi connectivity index (χ3n) is 7.43. The molecule has 1 aliphatic rings. The number of esters is 4. The highest BCUT2D eigenvalue weighted by Crippen LogP contribution is 2.56. The Hall–Kier alpha value is -4.15. The van der Waals surface area contributed by atoms with E-state index in [1.54, 1.807) is 27.7 Å². The zero-order chi connectivity index (χ0) is 34.2. The lowest BCUT2D eigenvalue weighted by molar-refractivity contribution is -0.149. The number of rotatable bonds is 9. The molecule has 2 rings (SSSR count). The molecule has 0 N–H and O–H groups in total. The van der Waals surface area contributed by atoms with Gasteiger partial charge in [0.1, 0.15) is 17.1 Å². The number of Topliss-reactive ketones (excluding diaryl/α,β-unsaturated/α-hetero) is 3. The van der Waals surface area contributed by atoms with Crippen LogP contribution in [0.25, 0.3) is 0 Å². The molecule has 44 heavy (non-hydrogen) atoms. The minimum Gasteiger partial charge on any atom is -0.430 e. The molecule has 1 aliphatic carbocycles. The molecule has 0 aliphatic heterocycles. The van der Waals surface area contributed by atoms with Gasteiger partial charge in [-0.15, -0.1) is 0 Å². The van der Waals surface area contributed by atoms with Gasteiger partial charge in [0.25, 0.3) is 0 Å². The zero-order valence-corrected chi connectivity index (χ0v) is 27.7. The van der Waals surface area contributed by atoms with Crippen molar-refractivity contribution < 1.29 is 52.5 Å². The summed E-state index contributed by atoms with van der Waals surface area (Å²) < 4.78 is 22.5. The third kappa shape index (κ3) is 6.66. The number of ketones is 3. The molecule has 0 amide bonds. The van der Waals surface area contributed by atoms with Crippen LogP contribution in [0.2, 0.25) is 0 Å². The third-order valence-corrected chi connectivity index (χ3v) is 7.43. The van der Waals surface area contributed by atoms with Gasteiger partial charge in [-0.3, -0.25) is 33.6 Å². The summed E-state index contributed by atoms with van der Waals surface area (Å²) >= 11 is 0. The van der Waals surface area contributed by atoms with E-state index in [0.717, 1.165) is 27.7 Å². The Balaban J connectivity index is 3.45. The molecular weight excluding hydrogens is 572 g/mol. The Morgan fingerprint density at radius 2 is 1.07 bits per heavy atom. The van der Waals surface area contributed by atoms with Crippen molar-refractivity contribution in [3.8, 4) is 17.2 Å². The van der Waals surface area contributed by atoms with Crippen molar-refractivity contribution in [2.75, 3.05) is 0 Å². The first kappa shape index (κ1) is 36.0. The van der Waals surface area contributed by atoms with Gasteiger partial charge in [-0.1, -0.05) is 27.7 Å². The Kier molecular flexibility index (Phi) is 10.5. The van der Waals surface area contributed by atoms with Crippen LogP contribution in [0.4, 0.5) is 0 Å². The number of hydrogen-bond donors (Lipinski definition) is 0. The zero-order valence-electron chi connectivity index (χ0n) is 27.7. The van der Waals surface area contributed by atoms with Crippen molar-refractivity contribution in [1.82, 2.24) is 0 Å². The summed E-state index contributed by atoms with van der Waals surface area (Å²) in [7, 11) is 0. The van der Waals surface area contributed by atoms with Gasteiger partial charge in [-0.05, 0) is 40.5 Å². The van der Waals surface area contributed by atoms with E-state index in [-0.39, 0.29) is 45.3 Å². The van der Waals surface area contributed by atoms with Crippen LogP contribution in [0, 0.1) is 29.6 Å². The van der Waals surface area contributed by atoms with Crippen LogP contribution in [0.1, 0.15) is 110 Å². The van der Waals surface area contributed by atoms with Crippen LogP contribution < -0.4 is 14.2 Å². The summed E-state index contributed by atoms with van der Waals surface area (Å²) in [6.45, 7) is 18.5. The molecule has 0 saturated heterocycles. The Labute approximate surface area is 257 Å². The number of carbonyl (C=O) groups excluding carboxylic acids is 7. The molecule has 0 bridgehead atoms. The van der Waals surface area contributed by atoms with Gasteiger partial charge in [-0.25, -0.2) is 0 Å². The molecule has 1 atom stereocenters. The molecule has 1 aromatic carbocycles. The number of hydrogen-bond acceptors (Lipinski definition) is 11. The van der Waals surface area contributed by atoms with Crippen LogP contribution in [0.15, 0.2) is 11.3 Å². The van der Waals surface area contributed by atoms with E-state index < -0.39 is 69.8 Å². The Morgan fingerprint density at radius 3 is 1.48 bits per heavy atom. The Morgan fingerprint density at radius 1 is 0.636 bits per heavy atom. The summed E-state index contributed by atoms with van der Waals surface area (Å²) in [5.74, 6) is -8.52. The molecule has 0 saturated carbocycles. The van der Waals surface area contributed by atoms with Crippen molar-refractivity contribution >= 4 is 41.2 Å². The second-order valence-corrected chi connectivity index (χ2v) is 12.7. The van der Waals surface area contributed by atoms with Crippen LogP contribution >= 0.6 is 0 Å². The fourth-order valence-electron chi connectivity index (χ4n) is 5.61. The number of allylic oxidation sites excluding steroid dienone is 2. The van der Waals surface area contributed by atoms with Crippen LogP contribution in [0.5, 0.6) is 17.2 Å². The predicted molar refractivity (Wildman–Crippen MR) is 158 cm³/mol. The first-order valence-corrected chi connectivity index (χ1v) is 14.3. The molecule has 0 aromatic heterocycles. The highest BCUT2D eigenvalue weighted by molar-refractivity contribution is 6.20. The summed E-state index contributed by atoms with van der Waals surface area (Å²) in [5, 5.41) is 0. The van der Waals surface area contributed by atoms with Crippen molar-refractivity contribution in [2.45, 2.75) is 95.9 Å². The molecule has 240 valence electrons. The van der Waals surface area contributed by atoms with Gasteiger partial charge in [0, 0.05) is 56.2 Å². The molecule has 11 heteroatoms. The van der Waals surface area contributed by atoms with E-state index in [9.17, 15) is 33.6 Å². The quantitative estimate of drug-likeness (QED) is 0.152. The van der Waals surface area contributed by atoms with E-state index in [0.29, 0.717) is 0 Å². The van der Waals surface area contributed by atoms with Crippen molar-refractivity contribution in [3.05, 3.63) is 28.0 Å². The summed E-state index contributed by atoms with van der Waals surface area (Å²) in [6, 6.07) is 0. The SMILES string of the molecule is CC(=O)OC1=C(C(c2c(OC(C)=O)c(C)c(OC(C)=O)c(C(=O)C(C)C)c2OC(C)=O)C(C)C)C(=O)C(C)(C)C(=O)C1(C)C. The second-order valence-electron chi connectivity index (χ2n) is 12.7. The normalized spacial score (nSPS) is 16.5. The molecule has 0 spiro atoms. The molecule has 0 radical (unpaired) electrons. The van der Waals surface area contributed by atoms with Crippen molar-refractivity contribution in [2.24, 2.45) is 22.7 Å². The Bertz CT molecular complexity index is 1490.